The molecule has 0 amide bonds. The van der Waals surface area contributed by atoms with E-state index in [1.54, 1.807) is 12.1 Å². The molecule has 7 heteroatoms. The molecule has 3 aromatic heterocycles. The molecule has 0 saturated heterocycles. The van der Waals surface area contributed by atoms with Gasteiger partial charge in [0.25, 0.3) is 0 Å². The van der Waals surface area contributed by atoms with Gasteiger partial charge in [0, 0.05) is 31.8 Å². The molecule has 0 radical (unpaired) electrons. The van der Waals surface area contributed by atoms with Crippen LogP contribution in [0.5, 0.6) is 0 Å². The van der Waals surface area contributed by atoms with E-state index < -0.39 is 0 Å². The molecule has 0 saturated carbocycles. The molecular formula is C18H16FN5S. The van der Waals surface area contributed by atoms with Crippen molar-refractivity contribution in [2.75, 3.05) is 11.9 Å². The van der Waals surface area contributed by atoms with Gasteiger partial charge in [-0.1, -0.05) is 29.5 Å². The Labute approximate surface area is 148 Å². The van der Waals surface area contributed by atoms with E-state index in [1.807, 2.05) is 35.0 Å². The summed E-state index contributed by atoms with van der Waals surface area (Å²) in [5.41, 5.74) is 3.01. The van der Waals surface area contributed by atoms with Crippen LogP contribution < -0.4 is 5.32 Å². The average molecular weight is 353 g/mol. The first-order valence-electron chi connectivity index (χ1n) is 7.99. The van der Waals surface area contributed by atoms with Gasteiger partial charge in [-0.15, -0.1) is 10.2 Å². The van der Waals surface area contributed by atoms with Gasteiger partial charge < -0.3 is 9.72 Å². The summed E-state index contributed by atoms with van der Waals surface area (Å²) in [5, 5.41) is 13.3. The van der Waals surface area contributed by atoms with Gasteiger partial charge in [0.2, 0.25) is 5.13 Å². The monoisotopic (exact) mass is 353 g/mol. The molecule has 1 aromatic carbocycles. The van der Waals surface area contributed by atoms with Crippen molar-refractivity contribution < 1.29 is 4.39 Å². The Hall–Kier alpha value is -2.80. The molecule has 4 rings (SSSR count). The molecule has 4 aromatic rings. The Morgan fingerprint density at radius 3 is 2.80 bits per heavy atom. The van der Waals surface area contributed by atoms with Gasteiger partial charge in [-0.25, -0.2) is 9.37 Å². The highest BCUT2D eigenvalue weighted by Gasteiger charge is 2.06. The summed E-state index contributed by atoms with van der Waals surface area (Å²) in [6.07, 6.45) is 5.50. The predicted molar refractivity (Wildman–Crippen MR) is 96.5 cm³/mol. The predicted octanol–water partition coefficient (Wildman–Crippen LogP) is 3.57. The largest absolute Gasteiger partial charge is 0.360 e. The molecule has 0 atom stereocenters. The zero-order valence-corrected chi connectivity index (χ0v) is 14.2. The molecule has 3 heterocycles. The van der Waals surface area contributed by atoms with Crippen molar-refractivity contribution in [1.82, 2.24) is 19.6 Å². The minimum absolute atomic E-state index is 0.227. The number of hydrogen-bond donors (Lipinski definition) is 1. The van der Waals surface area contributed by atoms with Crippen LogP contribution in [-0.2, 0) is 12.8 Å². The normalized spacial score (nSPS) is 11.1. The fraction of sp³-hybridized carbons (Fsp3) is 0.167. The van der Waals surface area contributed by atoms with E-state index in [0.29, 0.717) is 6.42 Å². The first-order chi connectivity index (χ1) is 12.3. The van der Waals surface area contributed by atoms with Crippen molar-refractivity contribution in [2.45, 2.75) is 12.8 Å². The highest BCUT2D eigenvalue weighted by atomic mass is 32.1. The summed E-state index contributed by atoms with van der Waals surface area (Å²) in [6, 6.07) is 12.4. The fourth-order valence-corrected chi connectivity index (χ4v) is 3.38. The van der Waals surface area contributed by atoms with Crippen molar-refractivity contribution in [3.8, 4) is 0 Å². The molecule has 126 valence electrons. The number of benzene rings is 1. The van der Waals surface area contributed by atoms with Gasteiger partial charge in [-0.2, -0.15) is 0 Å². The number of anilines is 1. The van der Waals surface area contributed by atoms with E-state index in [-0.39, 0.29) is 5.82 Å². The number of hydrogen-bond acceptors (Lipinski definition) is 5. The van der Waals surface area contributed by atoms with Gasteiger partial charge in [0.15, 0.2) is 0 Å². The van der Waals surface area contributed by atoms with Crippen molar-refractivity contribution in [2.24, 2.45) is 0 Å². The number of rotatable bonds is 6. The molecule has 5 nitrogen and oxygen atoms in total. The van der Waals surface area contributed by atoms with Gasteiger partial charge in [0.1, 0.15) is 16.5 Å². The standard InChI is InChI=1S/C18H16FN5S/c19-14-6-4-13(5-7-14)11-17-22-23-18(25-17)20-9-8-15-12-24-10-2-1-3-16(24)21-15/h1-7,10,12H,8-9,11H2,(H,20,23). The van der Waals surface area contributed by atoms with Crippen LogP contribution >= 0.6 is 11.3 Å². The van der Waals surface area contributed by atoms with E-state index >= 15 is 0 Å². The first-order valence-corrected chi connectivity index (χ1v) is 8.81. The van der Waals surface area contributed by atoms with E-state index in [9.17, 15) is 4.39 Å². The summed E-state index contributed by atoms with van der Waals surface area (Å²) >= 11 is 1.52. The highest BCUT2D eigenvalue weighted by molar-refractivity contribution is 7.15. The number of aromatic nitrogens is 4. The summed E-state index contributed by atoms with van der Waals surface area (Å²) in [5.74, 6) is -0.227. The molecule has 0 aliphatic carbocycles. The average Bonchev–Trinajstić information content (AvgIpc) is 3.23. The van der Waals surface area contributed by atoms with Gasteiger partial charge in [0.05, 0.1) is 5.69 Å². The number of imidazole rings is 1. The van der Waals surface area contributed by atoms with E-state index in [0.717, 1.165) is 40.0 Å². The molecule has 0 aliphatic heterocycles. The molecule has 25 heavy (non-hydrogen) atoms. The minimum Gasteiger partial charge on any atom is -0.360 e. The summed E-state index contributed by atoms with van der Waals surface area (Å²) in [4.78, 5) is 4.57. The zero-order chi connectivity index (χ0) is 17.1. The molecule has 0 spiro atoms. The van der Waals surface area contributed by atoms with E-state index in [2.05, 4.69) is 20.5 Å². The topological polar surface area (TPSA) is 55.1 Å². The second-order valence-electron chi connectivity index (χ2n) is 5.68. The maximum atomic E-state index is 12.9. The Morgan fingerprint density at radius 1 is 1.08 bits per heavy atom. The SMILES string of the molecule is Fc1ccc(Cc2nnc(NCCc3cn4ccccc4n3)s2)cc1. The van der Waals surface area contributed by atoms with Gasteiger partial charge >= 0.3 is 0 Å². The smallest absolute Gasteiger partial charge is 0.205 e. The lowest BCUT2D eigenvalue weighted by molar-refractivity contribution is 0.627. The Balaban J connectivity index is 1.32. The lowest BCUT2D eigenvalue weighted by Crippen LogP contribution is -2.04. The van der Waals surface area contributed by atoms with Gasteiger partial charge in [-0.05, 0) is 29.8 Å². The molecule has 0 unspecified atom stereocenters. The zero-order valence-electron chi connectivity index (χ0n) is 13.4. The van der Waals surface area contributed by atoms with Crippen molar-refractivity contribution in [3.05, 3.63) is 76.9 Å². The number of pyridine rings is 1. The van der Waals surface area contributed by atoms with Crippen molar-refractivity contribution >= 4 is 22.1 Å². The first kappa shape index (κ1) is 15.7. The molecule has 0 aliphatic rings. The summed E-state index contributed by atoms with van der Waals surface area (Å²) in [6.45, 7) is 0.745. The molecule has 1 N–H and O–H groups in total. The Kier molecular flexibility index (Phi) is 4.39. The summed E-state index contributed by atoms with van der Waals surface area (Å²) < 4.78 is 14.9. The summed E-state index contributed by atoms with van der Waals surface area (Å²) in [7, 11) is 0. The van der Waals surface area contributed by atoms with Crippen LogP contribution in [0.25, 0.3) is 5.65 Å². The second kappa shape index (κ2) is 6.98. The molecule has 0 fully saturated rings. The van der Waals surface area contributed by atoms with E-state index in [1.165, 1.54) is 23.5 Å². The maximum absolute atomic E-state index is 12.9. The molecular weight excluding hydrogens is 337 g/mol. The number of halogens is 1. The van der Waals surface area contributed by atoms with Crippen LogP contribution in [0, 0.1) is 5.82 Å². The maximum Gasteiger partial charge on any atom is 0.205 e. The molecule has 0 bridgehead atoms. The van der Waals surface area contributed by atoms with Crippen molar-refractivity contribution in [1.29, 1.82) is 0 Å². The minimum atomic E-state index is -0.227. The second-order valence-corrected chi connectivity index (χ2v) is 6.74. The Morgan fingerprint density at radius 2 is 1.96 bits per heavy atom. The van der Waals surface area contributed by atoms with E-state index in [4.69, 9.17) is 0 Å². The lowest BCUT2D eigenvalue weighted by Gasteiger charge is -1.99. The fourth-order valence-electron chi connectivity index (χ4n) is 2.58. The lowest BCUT2D eigenvalue weighted by atomic mass is 10.2. The third-order valence-corrected chi connectivity index (χ3v) is 4.69. The van der Waals surface area contributed by atoms with Crippen LogP contribution in [0.15, 0.2) is 54.9 Å². The van der Waals surface area contributed by atoms with Gasteiger partial charge in [-0.3, -0.25) is 0 Å². The van der Waals surface area contributed by atoms with Crippen molar-refractivity contribution in [3.63, 3.8) is 0 Å². The van der Waals surface area contributed by atoms with Crippen LogP contribution in [0.3, 0.4) is 0 Å². The van der Waals surface area contributed by atoms with Crippen LogP contribution in [-0.4, -0.2) is 26.1 Å². The number of nitrogens with zero attached hydrogens (tertiary/aromatic N) is 4. The highest BCUT2D eigenvalue weighted by Crippen LogP contribution is 2.18. The Bertz CT molecular complexity index is 943. The third kappa shape index (κ3) is 3.83. The van der Waals surface area contributed by atoms with Crippen LogP contribution in [0.4, 0.5) is 9.52 Å². The third-order valence-electron chi connectivity index (χ3n) is 3.81. The van der Waals surface area contributed by atoms with Crippen LogP contribution in [0.1, 0.15) is 16.3 Å². The number of nitrogens with one attached hydrogen (secondary N) is 1. The quantitative estimate of drug-likeness (QED) is 0.576. The number of fused-ring (bicyclic) bond motifs is 1. The van der Waals surface area contributed by atoms with Crippen LogP contribution in [0.2, 0.25) is 0 Å².